The van der Waals surface area contributed by atoms with Crippen molar-refractivity contribution in [3.05, 3.63) is 29.3 Å². The fourth-order valence-corrected chi connectivity index (χ4v) is 2.31. The molecule has 0 saturated heterocycles. The number of ether oxygens (including phenoxy) is 1. The molecule has 0 fully saturated rings. The summed E-state index contributed by atoms with van der Waals surface area (Å²) >= 11 is 5.13. The Morgan fingerprint density at radius 3 is 2.67 bits per heavy atom. The third-order valence-corrected chi connectivity index (χ3v) is 3.23. The molecule has 0 amide bonds. The van der Waals surface area contributed by atoms with Crippen molar-refractivity contribution in [3.63, 3.8) is 0 Å². The first-order chi connectivity index (χ1) is 8.51. The van der Waals surface area contributed by atoms with E-state index in [2.05, 4.69) is 31.7 Å². The van der Waals surface area contributed by atoms with Gasteiger partial charge in [-0.15, -0.1) is 0 Å². The number of likely N-dealkylation sites (N-methyl/N-ethyl adjacent to an activating group) is 1. The average molecular weight is 266 g/mol. The predicted octanol–water partition coefficient (Wildman–Crippen LogP) is 2.49. The van der Waals surface area contributed by atoms with Crippen LogP contribution in [0.1, 0.15) is 25.0 Å². The Morgan fingerprint density at radius 1 is 1.50 bits per heavy atom. The third-order valence-electron chi connectivity index (χ3n) is 3.01. The van der Waals surface area contributed by atoms with Crippen LogP contribution in [0.2, 0.25) is 0 Å². The SMILES string of the molecule is CCN(c1cc(C)ccc1C(N)=S)C(C)COC. The number of thiocarbonyl (C=S) groups is 1. The van der Waals surface area contributed by atoms with Gasteiger partial charge in [0.2, 0.25) is 0 Å². The van der Waals surface area contributed by atoms with Crippen LogP contribution in [0.4, 0.5) is 5.69 Å². The molecule has 0 radical (unpaired) electrons. The lowest BCUT2D eigenvalue weighted by atomic mass is 10.1. The normalized spacial score (nSPS) is 12.2. The molecule has 0 aliphatic rings. The summed E-state index contributed by atoms with van der Waals surface area (Å²) in [6.07, 6.45) is 0. The topological polar surface area (TPSA) is 38.5 Å². The molecule has 3 nitrogen and oxygen atoms in total. The van der Waals surface area contributed by atoms with E-state index < -0.39 is 0 Å². The Bertz CT molecular complexity index is 420. The van der Waals surface area contributed by atoms with Crippen LogP contribution in [0.15, 0.2) is 18.2 Å². The summed E-state index contributed by atoms with van der Waals surface area (Å²) in [6.45, 7) is 7.90. The summed E-state index contributed by atoms with van der Waals surface area (Å²) in [6, 6.07) is 6.45. The van der Waals surface area contributed by atoms with Crippen LogP contribution in [0, 0.1) is 6.92 Å². The second-order valence-corrected chi connectivity index (χ2v) is 4.92. The van der Waals surface area contributed by atoms with E-state index >= 15 is 0 Å². The fourth-order valence-electron chi connectivity index (χ4n) is 2.14. The highest BCUT2D eigenvalue weighted by Crippen LogP contribution is 2.24. The summed E-state index contributed by atoms with van der Waals surface area (Å²) < 4.78 is 5.23. The maximum Gasteiger partial charge on any atom is 0.106 e. The molecule has 0 bridgehead atoms. The standard InChI is InChI=1S/C14H22N2OS/c1-5-16(11(3)9-17-4)13-8-10(2)6-7-12(13)14(15)18/h6-8,11H,5,9H2,1-4H3,(H2,15,18). The molecule has 0 heterocycles. The first kappa shape index (κ1) is 14.9. The molecule has 0 aliphatic carbocycles. The summed E-state index contributed by atoms with van der Waals surface area (Å²) in [5, 5.41) is 0. The summed E-state index contributed by atoms with van der Waals surface area (Å²) in [7, 11) is 1.72. The van der Waals surface area contributed by atoms with E-state index in [4.69, 9.17) is 22.7 Å². The second kappa shape index (κ2) is 6.71. The van der Waals surface area contributed by atoms with Crippen molar-refractivity contribution >= 4 is 22.9 Å². The molecular weight excluding hydrogens is 244 g/mol. The molecule has 1 rings (SSSR count). The van der Waals surface area contributed by atoms with Gasteiger partial charge in [0.1, 0.15) is 4.99 Å². The van der Waals surface area contributed by atoms with Gasteiger partial charge in [0.15, 0.2) is 0 Å². The minimum absolute atomic E-state index is 0.287. The number of hydrogen-bond acceptors (Lipinski definition) is 3. The zero-order chi connectivity index (χ0) is 13.7. The molecule has 0 spiro atoms. The molecule has 4 heteroatoms. The van der Waals surface area contributed by atoms with Crippen molar-refractivity contribution < 1.29 is 4.74 Å². The predicted molar refractivity (Wildman–Crippen MR) is 81.4 cm³/mol. The van der Waals surface area contributed by atoms with Gasteiger partial charge < -0.3 is 15.4 Å². The van der Waals surface area contributed by atoms with Gasteiger partial charge in [-0.05, 0) is 38.5 Å². The minimum Gasteiger partial charge on any atom is -0.389 e. The van der Waals surface area contributed by atoms with Gasteiger partial charge in [0, 0.05) is 30.9 Å². The lowest BCUT2D eigenvalue weighted by Crippen LogP contribution is -2.37. The van der Waals surface area contributed by atoms with E-state index in [-0.39, 0.29) is 6.04 Å². The van der Waals surface area contributed by atoms with Crippen molar-refractivity contribution in [2.24, 2.45) is 5.73 Å². The molecule has 0 aliphatic heterocycles. The maximum atomic E-state index is 5.80. The van der Waals surface area contributed by atoms with Gasteiger partial charge in [-0.3, -0.25) is 0 Å². The first-order valence-corrected chi connectivity index (χ1v) is 6.58. The molecule has 1 aromatic carbocycles. The largest absolute Gasteiger partial charge is 0.389 e. The van der Waals surface area contributed by atoms with Crippen molar-refractivity contribution in [1.82, 2.24) is 0 Å². The summed E-state index contributed by atoms with van der Waals surface area (Å²) in [4.78, 5) is 2.71. The average Bonchev–Trinajstić information content (AvgIpc) is 2.30. The first-order valence-electron chi connectivity index (χ1n) is 6.17. The number of hydrogen-bond donors (Lipinski definition) is 1. The quantitative estimate of drug-likeness (QED) is 0.803. The number of nitrogens with two attached hydrogens (primary N) is 1. The van der Waals surface area contributed by atoms with Gasteiger partial charge in [0.05, 0.1) is 6.61 Å². The number of benzene rings is 1. The van der Waals surface area contributed by atoms with Crippen LogP contribution < -0.4 is 10.6 Å². The van der Waals surface area contributed by atoms with Crippen molar-refractivity contribution in [3.8, 4) is 0 Å². The van der Waals surface area contributed by atoms with Gasteiger partial charge in [-0.25, -0.2) is 0 Å². The zero-order valence-electron chi connectivity index (χ0n) is 11.6. The summed E-state index contributed by atoms with van der Waals surface area (Å²) in [5.74, 6) is 0. The Kier molecular flexibility index (Phi) is 5.56. The molecule has 1 atom stereocenters. The molecule has 1 aromatic rings. The minimum atomic E-state index is 0.287. The fraction of sp³-hybridized carbons (Fsp3) is 0.500. The smallest absolute Gasteiger partial charge is 0.106 e. The molecule has 18 heavy (non-hydrogen) atoms. The van der Waals surface area contributed by atoms with Crippen LogP contribution in [0.5, 0.6) is 0 Å². The lowest BCUT2D eigenvalue weighted by molar-refractivity contribution is 0.182. The molecule has 1 unspecified atom stereocenters. The molecular formula is C14H22N2OS. The zero-order valence-corrected chi connectivity index (χ0v) is 12.4. The van der Waals surface area contributed by atoms with E-state index in [1.807, 2.05) is 12.1 Å². The van der Waals surface area contributed by atoms with E-state index in [1.165, 1.54) is 5.56 Å². The van der Waals surface area contributed by atoms with Crippen LogP contribution >= 0.6 is 12.2 Å². The monoisotopic (exact) mass is 266 g/mol. The van der Waals surface area contributed by atoms with Crippen LogP contribution in [-0.2, 0) is 4.74 Å². The molecule has 0 saturated carbocycles. The van der Waals surface area contributed by atoms with Crippen LogP contribution in [-0.4, -0.2) is 31.3 Å². The van der Waals surface area contributed by atoms with E-state index in [0.717, 1.165) is 17.8 Å². The Labute approximate surface area is 115 Å². The van der Waals surface area contributed by atoms with Crippen molar-refractivity contribution in [1.29, 1.82) is 0 Å². The number of aryl methyl sites for hydroxylation is 1. The number of rotatable bonds is 6. The maximum absolute atomic E-state index is 5.80. The van der Waals surface area contributed by atoms with Crippen LogP contribution in [0.25, 0.3) is 0 Å². The highest BCUT2D eigenvalue weighted by Gasteiger charge is 2.17. The van der Waals surface area contributed by atoms with E-state index in [9.17, 15) is 0 Å². The van der Waals surface area contributed by atoms with Gasteiger partial charge >= 0.3 is 0 Å². The van der Waals surface area contributed by atoms with Gasteiger partial charge in [-0.1, -0.05) is 18.3 Å². The number of anilines is 1. The number of methoxy groups -OCH3 is 1. The van der Waals surface area contributed by atoms with E-state index in [0.29, 0.717) is 11.6 Å². The van der Waals surface area contributed by atoms with Crippen LogP contribution in [0.3, 0.4) is 0 Å². The van der Waals surface area contributed by atoms with E-state index in [1.54, 1.807) is 7.11 Å². The third kappa shape index (κ3) is 3.43. The van der Waals surface area contributed by atoms with Gasteiger partial charge in [0.25, 0.3) is 0 Å². The molecule has 100 valence electrons. The molecule has 0 aromatic heterocycles. The highest BCUT2D eigenvalue weighted by molar-refractivity contribution is 7.80. The summed E-state index contributed by atoms with van der Waals surface area (Å²) in [5.41, 5.74) is 9.03. The van der Waals surface area contributed by atoms with Gasteiger partial charge in [-0.2, -0.15) is 0 Å². The Balaban J connectivity index is 3.18. The second-order valence-electron chi connectivity index (χ2n) is 4.48. The van der Waals surface area contributed by atoms with Crippen molar-refractivity contribution in [2.45, 2.75) is 26.8 Å². The number of nitrogens with zero attached hydrogens (tertiary/aromatic N) is 1. The Hall–Kier alpha value is -1.13. The molecule has 2 N–H and O–H groups in total. The Morgan fingerprint density at radius 2 is 2.17 bits per heavy atom. The highest BCUT2D eigenvalue weighted by atomic mass is 32.1. The van der Waals surface area contributed by atoms with Crippen molar-refractivity contribution in [2.75, 3.05) is 25.2 Å². The lowest BCUT2D eigenvalue weighted by Gasteiger charge is -2.31.